The summed E-state index contributed by atoms with van der Waals surface area (Å²) in [7, 11) is 0. The van der Waals surface area contributed by atoms with E-state index in [1.54, 1.807) is 11.8 Å². The van der Waals surface area contributed by atoms with Crippen molar-refractivity contribution < 1.29 is 14.3 Å². The molecule has 2 heterocycles. The minimum absolute atomic E-state index is 0.0675. The highest BCUT2D eigenvalue weighted by atomic mass is 79.9. The van der Waals surface area contributed by atoms with Crippen LogP contribution >= 0.6 is 15.9 Å². The quantitative estimate of drug-likeness (QED) is 0.884. The van der Waals surface area contributed by atoms with Crippen LogP contribution in [-0.2, 0) is 11.3 Å². The molecule has 2 rings (SSSR count). The molecular weight excluding hydrogens is 350 g/mol. The van der Waals surface area contributed by atoms with Crippen LogP contribution in [0.1, 0.15) is 37.2 Å². The van der Waals surface area contributed by atoms with Crippen LogP contribution in [0.4, 0.5) is 4.79 Å². The van der Waals surface area contributed by atoms with Gasteiger partial charge >= 0.3 is 6.09 Å². The molecular formula is C15H22BrN3O3. The van der Waals surface area contributed by atoms with E-state index < -0.39 is 0 Å². The number of likely N-dealkylation sites (tertiary alicyclic amines) is 1. The number of ether oxygens (including phenoxy) is 1. The van der Waals surface area contributed by atoms with Gasteiger partial charge in [-0.2, -0.15) is 0 Å². The summed E-state index contributed by atoms with van der Waals surface area (Å²) < 4.78 is 7.80. The number of carbonyl (C=O) groups excluding carboxylic acids is 2. The Labute approximate surface area is 138 Å². The molecule has 122 valence electrons. The molecule has 1 aromatic rings. The number of halogens is 1. The van der Waals surface area contributed by atoms with Crippen LogP contribution in [0.25, 0.3) is 0 Å². The minimum atomic E-state index is -0.268. The molecule has 2 amide bonds. The fourth-order valence-corrected chi connectivity index (χ4v) is 3.07. The lowest BCUT2D eigenvalue weighted by molar-refractivity contribution is 0.0854. The van der Waals surface area contributed by atoms with E-state index in [1.165, 1.54) is 0 Å². The maximum absolute atomic E-state index is 12.4. The van der Waals surface area contributed by atoms with Crippen molar-refractivity contribution in [2.24, 2.45) is 0 Å². The summed E-state index contributed by atoms with van der Waals surface area (Å²) in [6.45, 7) is 6.16. The number of aryl methyl sites for hydroxylation is 1. The molecule has 0 aromatic carbocycles. The summed E-state index contributed by atoms with van der Waals surface area (Å²) in [6, 6.07) is 1.92. The number of hydrogen-bond acceptors (Lipinski definition) is 3. The van der Waals surface area contributed by atoms with Gasteiger partial charge in [-0.3, -0.25) is 4.79 Å². The average molecular weight is 372 g/mol. The molecule has 22 heavy (non-hydrogen) atoms. The maximum Gasteiger partial charge on any atom is 0.409 e. The molecule has 1 fully saturated rings. The standard InChI is InChI=1S/C15H22BrN3O3/c1-3-18-10-11(16)9-13(18)14(20)17-12-5-7-19(8-6-12)15(21)22-4-2/h9-10,12H,3-8H2,1-2H3,(H,17,20). The van der Waals surface area contributed by atoms with Gasteiger partial charge in [-0.1, -0.05) is 0 Å². The second-order valence-electron chi connectivity index (χ2n) is 5.26. The van der Waals surface area contributed by atoms with Crippen molar-refractivity contribution in [3.05, 3.63) is 22.4 Å². The molecule has 0 aliphatic carbocycles. The van der Waals surface area contributed by atoms with E-state index in [2.05, 4.69) is 21.2 Å². The third kappa shape index (κ3) is 4.03. The molecule has 1 aromatic heterocycles. The first-order valence-electron chi connectivity index (χ1n) is 7.63. The molecule has 0 atom stereocenters. The third-order valence-corrected chi connectivity index (χ3v) is 4.23. The molecule has 1 aliphatic heterocycles. The van der Waals surface area contributed by atoms with Crippen LogP contribution in [0.2, 0.25) is 0 Å². The highest BCUT2D eigenvalue weighted by molar-refractivity contribution is 9.10. The van der Waals surface area contributed by atoms with Crippen LogP contribution in [-0.4, -0.2) is 47.2 Å². The number of carbonyl (C=O) groups is 2. The van der Waals surface area contributed by atoms with Gasteiger partial charge in [-0.15, -0.1) is 0 Å². The summed E-state index contributed by atoms with van der Waals surface area (Å²) >= 11 is 3.40. The Kier molecular flexibility index (Phi) is 5.88. The Balaban J connectivity index is 1.88. The van der Waals surface area contributed by atoms with Gasteiger partial charge < -0.3 is 19.5 Å². The zero-order valence-electron chi connectivity index (χ0n) is 13.0. The lowest BCUT2D eigenvalue weighted by atomic mass is 10.1. The van der Waals surface area contributed by atoms with E-state index in [1.807, 2.05) is 23.8 Å². The fourth-order valence-electron chi connectivity index (χ4n) is 2.61. The largest absolute Gasteiger partial charge is 0.450 e. The van der Waals surface area contributed by atoms with Crippen molar-refractivity contribution in [3.8, 4) is 0 Å². The molecule has 0 bridgehead atoms. The second-order valence-corrected chi connectivity index (χ2v) is 6.18. The predicted octanol–water partition coefficient (Wildman–Crippen LogP) is 2.62. The lowest BCUT2D eigenvalue weighted by Crippen LogP contribution is -2.47. The van der Waals surface area contributed by atoms with Gasteiger partial charge in [-0.25, -0.2) is 4.79 Å². The number of nitrogens with zero attached hydrogens (tertiary/aromatic N) is 2. The average Bonchev–Trinajstić information content (AvgIpc) is 2.89. The molecule has 1 saturated heterocycles. The fraction of sp³-hybridized carbons (Fsp3) is 0.600. The monoisotopic (exact) mass is 371 g/mol. The topological polar surface area (TPSA) is 63.6 Å². The van der Waals surface area contributed by atoms with Crippen molar-refractivity contribution in [2.45, 2.75) is 39.3 Å². The van der Waals surface area contributed by atoms with Crippen molar-refractivity contribution >= 4 is 27.9 Å². The number of rotatable bonds is 4. The molecule has 0 radical (unpaired) electrons. The molecule has 6 nitrogen and oxygen atoms in total. The van der Waals surface area contributed by atoms with Gasteiger partial charge in [0.25, 0.3) is 5.91 Å². The highest BCUT2D eigenvalue weighted by Gasteiger charge is 2.25. The van der Waals surface area contributed by atoms with Crippen LogP contribution in [0.3, 0.4) is 0 Å². The van der Waals surface area contributed by atoms with E-state index >= 15 is 0 Å². The Morgan fingerprint density at radius 2 is 2.05 bits per heavy atom. The predicted molar refractivity (Wildman–Crippen MR) is 86.9 cm³/mol. The Hall–Kier alpha value is -1.50. The summed E-state index contributed by atoms with van der Waals surface area (Å²) in [5, 5.41) is 3.06. The lowest BCUT2D eigenvalue weighted by Gasteiger charge is -2.31. The van der Waals surface area contributed by atoms with E-state index in [4.69, 9.17) is 4.74 Å². The highest BCUT2D eigenvalue weighted by Crippen LogP contribution is 2.17. The number of amides is 2. The normalized spacial score (nSPS) is 15.7. The van der Waals surface area contributed by atoms with Gasteiger partial charge in [0.1, 0.15) is 5.69 Å². The smallest absolute Gasteiger partial charge is 0.409 e. The number of aromatic nitrogens is 1. The zero-order valence-corrected chi connectivity index (χ0v) is 14.6. The molecule has 0 spiro atoms. The SMILES string of the molecule is CCOC(=O)N1CCC(NC(=O)c2cc(Br)cn2CC)CC1. The van der Waals surface area contributed by atoms with Crippen LogP contribution < -0.4 is 5.32 Å². The van der Waals surface area contributed by atoms with Crippen LogP contribution in [0, 0.1) is 0 Å². The third-order valence-electron chi connectivity index (χ3n) is 3.79. The Morgan fingerprint density at radius 3 is 2.64 bits per heavy atom. The first kappa shape index (κ1) is 16.9. The van der Waals surface area contributed by atoms with Gasteiger partial charge in [0.2, 0.25) is 0 Å². The van der Waals surface area contributed by atoms with Crippen molar-refractivity contribution in [1.82, 2.24) is 14.8 Å². The molecule has 1 N–H and O–H groups in total. The Morgan fingerprint density at radius 1 is 1.36 bits per heavy atom. The van der Waals surface area contributed by atoms with Crippen molar-refractivity contribution in [3.63, 3.8) is 0 Å². The maximum atomic E-state index is 12.4. The Bertz CT molecular complexity index is 536. The minimum Gasteiger partial charge on any atom is -0.450 e. The van der Waals surface area contributed by atoms with Gasteiger partial charge in [0.05, 0.1) is 6.61 Å². The summed E-state index contributed by atoms with van der Waals surface area (Å²) in [6.07, 6.45) is 3.13. The molecule has 1 aliphatic rings. The number of piperidine rings is 1. The van der Waals surface area contributed by atoms with Crippen molar-refractivity contribution in [2.75, 3.05) is 19.7 Å². The van der Waals surface area contributed by atoms with E-state index in [-0.39, 0.29) is 18.0 Å². The summed E-state index contributed by atoms with van der Waals surface area (Å²) in [5.74, 6) is -0.0675. The molecule has 7 heteroatoms. The van der Waals surface area contributed by atoms with Crippen LogP contribution in [0.5, 0.6) is 0 Å². The first-order chi connectivity index (χ1) is 10.5. The van der Waals surface area contributed by atoms with Gasteiger partial charge in [0.15, 0.2) is 0 Å². The molecule has 0 saturated carbocycles. The first-order valence-corrected chi connectivity index (χ1v) is 8.42. The zero-order chi connectivity index (χ0) is 16.1. The van der Waals surface area contributed by atoms with E-state index in [0.717, 1.165) is 23.9 Å². The van der Waals surface area contributed by atoms with Gasteiger partial charge in [-0.05, 0) is 48.7 Å². The van der Waals surface area contributed by atoms with Crippen LogP contribution in [0.15, 0.2) is 16.7 Å². The number of hydrogen-bond donors (Lipinski definition) is 1. The van der Waals surface area contributed by atoms with E-state index in [0.29, 0.717) is 25.4 Å². The number of nitrogens with one attached hydrogen (secondary N) is 1. The second kappa shape index (κ2) is 7.67. The van der Waals surface area contributed by atoms with Crippen molar-refractivity contribution in [1.29, 1.82) is 0 Å². The summed E-state index contributed by atoms with van der Waals surface area (Å²) in [5.41, 5.74) is 0.655. The van der Waals surface area contributed by atoms with Gasteiger partial charge in [0, 0.05) is 36.3 Å². The van der Waals surface area contributed by atoms with E-state index in [9.17, 15) is 9.59 Å². The molecule has 0 unspecified atom stereocenters. The summed E-state index contributed by atoms with van der Waals surface area (Å²) in [4.78, 5) is 25.7.